The molecule has 0 atom stereocenters. The molecule has 94 valence electrons. The Kier molecular flexibility index (Phi) is 3.00. The van der Waals surface area contributed by atoms with E-state index in [9.17, 15) is 18.0 Å². The fraction of sp³-hybridized carbons (Fsp3) is 0.100. The van der Waals surface area contributed by atoms with Gasteiger partial charge in [-0.25, -0.2) is 13.2 Å². The molecular weight excluding hydrogens is 249 g/mol. The Hall–Kier alpha value is -2.38. The first-order valence-electron chi connectivity index (χ1n) is 4.80. The van der Waals surface area contributed by atoms with Crippen molar-refractivity contribution in [1.82, 2.24) is 15.4 Å². The van der Waals surface area contributed by atoms with Crippen LogP contribution in [0.5, 0.6) is 0 Å². The minimum Gasteiger partial charge on any atom is -0.364 e. The molecule has 3 N–H and O–H groups in total. The van der Waals surface area contributed by atoms with Gasteiger partial charge in [-0.2, -0.15) is 15.4 Å². The molecule has 0 fully saturated rings. The van der Waals surface area contributed by atoms with Crippen LogP contribution in [0.4, 0.5) is 13.2 Å². The van der Waals surface area contributed by atoms with Gasteiger partial charge in [0.1, 0.15) is 11.5 Å². The van der Waals surface area contributed by atoms with Crippen molar-refractivity contribution in [1.29, 1.82) is 0 Å². The summed E-state index contributed by atoms with van der Waals surface area (Å²) in [5, 5.41) is 8.97. The lowest BCUT2D eigenvalue weighted by Crippen LogP contribution is -2.13. The van der Waals surface area contributed by atoms with E-state index in [1.54, 1.807) is 0 Å². The van der Waals surface area contributed by atoms with Gasteiger partial charge in [-0.15, -0.1) is 0 Å². The highest BCUT2D eigenvalue weighted by atomic mass is 19.3. The van der Waals surface area contributed by atoms with E-state index in [0.29, 0.717) is 0 Å². The molecule has 2 rings (SSSR count). The SMILES string of the molecule is NC(=O)c1n[nH]nc1-c1c(F)cccc1C(F)F. The van der Waals surface area contributed by atoms with Crippen LogP contribution in [0.25, 0.3) is 11.3 Å². The number of benzene rings is 1. The van der Waals surface area contributed by atoms with Crippen molar-refractivity contribution in [3.8, 4) is 11.3 Å². The average molecular weight is 256 g/mol. The molecule has 8 heteroatoms. The zero-order valence-corrected chi connectivity index (χ0v) is 8.82. The van der Waals surface area contributed by atoms with Crippen LogP contribution >= 0.6 is 0 Å². The normalized spacial score (nSPS) is 10.9. The summed E-state index contributed by atoms with van der Waals surface area (Å²) in [6.07, 6.45) is -2.91. The molecule has 18 heavy (non-hydrogen) atoms. The van der Waals surface area contributed by atoms with Crippen LogP contribution in [0.1, 0.15) is 22.5 Å². The topological polar surface area (TPSA) is 84.7 Å². The van der Waals surface area contributed by atoms with Crippen LogP contribution in [-0.4, -0.2) is 21.3 Å². The maximum Gasteiger partial charge on any atom is 0.271 e. The second-order valence-corrected chi connectivity index (χ2v) is 3.39. The zero-order chi connectivity index (χ0) is 13.3. The molecule has 0 bridgehead atoms. The van der Waals surface area contributed by atoms with Gasteiger partial charge in [0.25, 0.3) is 12.3 Å². The molecular formula is C10H7F3N4O. The molecule has 0 aliphatic heterocycles. The zero-order valence-electron chi connectivity index (χ0n) is 8.82. The smallest absolute Gasteiger partial charge is 0.271 e. The van der Waals surface area contributed by atoms with E-state index in [4.69, 9.17) is 5.73 Å². The van der Waals surface area contributed by atoms with Gasteiger partial charge >= 0.3 is 0 Å². The largest absolute Gasteiger partial charge is 0.364 e. The predicted octanol–water partition coefficient (Wildman–Crippen LogP) is 1.65. The van der Waals surface area contributed by atoms with Gasteiger partial charge < -0.3 is 5.73 Å². The predicted molar refractivity (Wildman–Crippen MR) is 55.3 cm³/mol. The van der Waals surface area contributed by atoms with Crippen molar-refractivity contribution in [2.45, 2.75) is 6.43 Å². The highest BCUT2D eigenvalue weighted by molar-refractivity contribution is 5.97. The third kappa shape index (κ3) is 1.92. The lowest BCUT2D eigenvalue weighted by Gasteiger charge is -2.07. The Bertz CT molecular complexity index is 597. The van der Waals surface area contributed by atoms with Gasteiger partial charge in [0, 0.05) is 11.1 Å². The van der Waals surface area contributed by atoms with Gasteiger partial charge in [0.05, 0.1) is 0 Å². The number of hydrogen-bond donors (Lipinski definition) is 2. The van der Waals surface area contributed by atoms with Crippen LogP contribution in [-0.2, 0) is 0 Å². The number of H-pyrrole nitrogens is 1. The molecule has 1 aromatic heterocycles. The fourth-order valence-corrected chi connectivity index (χ4v) is 1.55. The van der Waals surface area contributed by atoms with E-state index in [1.165, 1.54) is 0 Å². The summed E-state index contributed by atoms with van der Waals surface area (Å²) in [6, 6.07) is 3.17. The van der Waals surface area contributed by atoms with E-state index in [-0.39, 0.29) is 11.4 Å². The Morgan fingerprint density at radius 3 is 2.67 bits per heavy atom. The number of hydrogen-bond acceptors (Lipinski definition) is 3. The Morgan fingerprint density at radius 1 is 1.33 bits per heavy atom. The minimum absolute atomic E-state index is 0.323. The molecule has 0 spiro atoms. The van der Waals surface area contributed by atoms with Crippen LogP contribution in [0.3, 0.4) is 0 Å². The van der Waals surface area contributed by atoms with Crippen molar-refractivity contribution in [2.24, 2.45) is 5.73 Å². The number of aromatic amines is 1. The monoisotopic (exact) mass is 256 g/mol. The molecule has 2 aromatic rings. The molecule has 0 aliphatic carbocycles. The number of halogens is 3. The van der Waals surface area contributed by atoms with E-state index in [2.05, 4.69) is 15.4 Å². The first-order chi connectivity index (χ1) is 8.52. The molecule has 0 saturated carbocycles. The molecule has 0 saturated heterocycles. The number of nitrogens with zero attached hydrogens (tertiary/aromatic N) is 2. The van der Waals surface area contributed by atoms with E-state index in [0.717, 1.165) is 18.2 Å². The second kappa shape index (κ2) is 4.47. The quantitative estimate of drug-likeness (QED) is 0.875. The summed E-state index contributed by atoms with van der Waals surface area (Å²) >= 11 is 0. The third-order valence-electron chi connectivity index (χ3n) is 2.30. The van der Waals surface area contributed by atoms with Gasteiger partial charge in [-0.3, -0.25) is 4.79 Å². The fourth-order valence-electron chi connectivity index (χ4n) is 1.55. The Labute approximate surface area is 98.8 Å². The van der Waals surface area contributed by atoms with Gasteiger partial charge in [0.15, 0.2) is 5.69 Å². The number of primary amides is 1. The maximum absolute atomic E-state index is 13.7. The van der Waals surface area contributed by atoms with Gasteiger partial charge in [-0.05, 0) is 6.07 Å². The summed E-state index contributed by atoms with van der Waals surface area (Å²) < 4.78 is 39.2. The van der Waals surface area contributed by atoms with Crippen molar-refractivity contribution in [3.63, 3.8) is 0 Å². The van der Waals surface area contributed by atoms with Gasteiger partial charge in [-0.1, -0.05) is 12.1 Å². The van der Waals surface area contributed by atoms with E-state index < -0.39 is 29.3 Å². The summed E-state index contributed by atoms with van der Waals surface area (Å²) in [6.45, 7) is 0. The lowest BCUT2D eigenvalue weighted by atomic mass is 10.0. The van der Waals surface area contributed by atoms with Gasteiger partial charge in [0.2, 0.25) is 0 Å². The third-order valence-corrected chi connectivity index (χ3v) is 2.30. The van der Waals surface area contributed by atoms with Crippen molar-refractivity contribution in [3.05, 3.63) is 35.3 Å². The van der Waals surface area contributed by atoms with Crippen LogP contribution in [0.15, 0.2) is 18.2 Å². The average Bonchev–Trinajstić information content (AvgIpc) is 2.77. The lowest BCUT2D eigenvalue weighted by molar-refractivity contribution is 0.0996. The summed E-state index contributed by atoms with van der Waals surface area (Å²) in [4.78, 5) is 11.0. The molecule has 1 aromatic carbocycles. The van der Waals surface area contributed by atoms with E-state index >= 15 is 0 Å². The Morgan fingerprint density at radius 2 is 2.06 bits per heavy atom. The number of alkyl halides is 2. The van der Waals surface area contributed by atoms with Crippen LogP contribution in [0, 0.1) is 5.82 Å². The van der Waals surface area contributed by atoms with Crippen LogP contribution < -0.4 is 5.73 Å². The molecule has 0 unspecified atom stereocenters. The molecule has 1 amide bonds. The standard InChI is InChI=1S/C10H7F3N4O/c11-5-3-1-2-4(9(12)13)6(5)7-8(10(14)18)16-17-15-7/h1-3,9H,(H2,14,18)(H,15,16,17). The molecule has 0 radical (unpaired) electrons. The van der Waals surface area contributed by atoms with E-state index in [1.807, 2.05) is 0 Å². The summed E-state index contributed by atoms with van der Waals surface area (Å²) in [5.41, 5.74) is 3.24. The first kappa shape index (κ1) is 12.1. The molecule has 1 heterocycles. The summed E-state index contributed by atoms with van der Waals surface area (Å²) in [7, 11) is 0. The number of nitrogens with two attached hydrogens (primary N) is 1. The van der Waals surface area contributed by atoms with Crippen molar-refractivity contribution >= 4 is 5.91 Å². The highest BCUT2D eigenvalue weighted by Crippen LogP contribution is 2.33. The Balaban J connectivity index is 2.70. The number of carbonyl (C=O) groups is 1. The number of aromatic nitrogens is 3. The number of rotatable bonds is 3. The number of nitrogens with one attached hydrogen (secondary N) is 1. The maximum atomic E-state index is 13.7. The van der Waals surface area contributed by atoms with Crippen LogP contribution in [0.2, 0.25) is 0 Å². The minimum atomic E-state index is -2.91. The number of amides is 1. The van der Waals surface area contributed by atoms with Crippen molar-refractivity contribution < 1.29 is 18.0 Å². The summed E-state index contributed by atoms with van der Waals surface area (Å²) in [5.74, 6) is -1.91. The molecule has 0 aliphatic rings. The highest BCUT2D eigenvalue weighted by Gasteiger charge is 2.24. The van der Waals surface area contributed by atoms with Crippen molar-refractivity contribution in [2.75, 3.05) is 0 Å². The second-order valence-electron chi connectivity index (χ2n) is 3.39. The molecule has 5 nitrogen and oxygen atoms in total. The first-order valence-corrected chi connectivity index (χ1v) is 4.80. The number of carbonyl (C=O) groups excluding carboxylic acids is 1.